The molecule has 0 radical (unpaired) electrons. The lowest BCUT2D eigenvalue weighted by atomic mass is 9.82. The first-order valence-electron chi connectivity index (χ1n) is 6.75. The Morgan fingerprint density at radius 2 is 2.18 bits per heavy atom. The second-order valence-electron chi connectivity index (χ2n) is 5.29. The third-order valence-corrected chi connectivity index (χ3v) is 5.57. The summed E-state index contributed by atoms with van der Waals surface area (Å²) in [5.41, 5.74) is -0.0911. The zero-order valence-corrected chi connectivity index (χ0v) is 11.8. The molecule has 0 aliphatic carbocycles. The maximum Gasteiger partial charge on any atom is 0.230 e. The molecule has 1 unspecified atom stereocenters. The minimum absolute atomic E-state index is 0.0911. The van der Waals surface area contributed by atoms with Gasteiger partial charge in [0.2, 0.25) is 5.91 Å². The predicted molar refractivity (Wildman–Crippen MR) is 73.3 cm³/mol. The van der Waals surface area contributed by atoms with Crippen LogP contribution in [0, 0.1) is 5.41 Å². The van der Waals surface area contributed by atoms with Gasteiger partial charge in [0, 0.05) is 24.9 Å². The van der Waals surface area contributed by atoms with Crippen LogP contribution < -0.4 is 5.32 Å². The lowest BCUT2D eigenvalue weighted by Crippen LogP contribution is -2.48. The quantitative estimate of drug-likeness (QED) is 0.834. The van der Waals surface area contributed by atoms with Crippen molar-refractivity contribution in [2.45, 2.75) is 37.9 Å². The second-order valence-corrected chi connectivity index (χ2v) is 6.43. The van der Waals surface area contributed by atoms with Crippen LogP contribution in [0.15, 0.2) is 0 Å². The molecule has 2 aliphatic heterocycles. The molecule has 2 aliphatic rings. The Morgan fingerprint density at radius 1 is 1.47 bits per heavy atom. The molecule has 1 N–H and O–H groups in total. The molecular weight excluding hydrogens is 232 g/mol. The van der Waals surface area contributed by atoms with Gasteiger partial charge >= 0.3 is 0 Å². The van der Waals surface area contributed by atoms with Gasteiger partial charge in [-0.05, 0) is 38.5 Å². The lowest BCUT2D eigenvalue weighted by molar-refractivity contribution is -0.142. The summed E-state index contributed by atoms with van der Waals surface area (Å²) < 4.78 is 0. The maximum atomic E-state index is 12.6. The fraction of sp³-hybridized carbons (Fsp3) is 0.923. The number of piperidine rings is 1. The molecule has 0 aromatic rings. The molecule has 2 saturated heterocycles. The van der Waals surface area contributed by atoms with E-state index in [0.29, 0.717) is 5.91 Å². The van der Waals surface area contributed by atoms with Crippen LogP contribution in [0.2, 0.25) is 0 Å². The van der Waals surface area contributed by atoms with Crippen LogP contribution in [-0.2, 0) is 4.79 Å². The molecule has 4 heteroatoms. The van der Waals surface area contributed by atoms with E-state index in [-0.39, 0.29) is 5.41 Å². The van der Waals surface area contributed by atoms with Crippen molar-refractivity contribution in [3.63, 3.8) is 0 Å². The lowest BCUT2D eigenvalue weighted by Gasteiger charge is -2.37. The highest BCUT2D eigenvalue weighted by atomic mass is 32.2. The summed E-state index contributed by atoms with van der Waals surface area (Å²) in [6.07, 6.45) is 6.50. The number of rotatable bonds is 3. The third kappa shape index (κ3) is 2.63. The number of hydrogen-bond acceptors (Lipinski definition) is 3. The normalized spacial score (nSPS) is 30.8. The van der Waals surface area contributed by atoms with Gasteiger partial charge in [-0.25, -0.2) is 0 Å². The number of thioether (sulfide) groups is 1. The summed E-state index contributed by atoms with van der Waals surface area (Å²) in [4.78, 5) is 14.7. The minimum atomic E-state index is -0.0911. The van der Waals surface area contributed by atoms with E-state index in [4.69, 9.17) is 0 Å². The average molecular weight is 256 g/mol. The van der Waals surface area contributed by atoms with Crippen molar-refractivity contribution in [1.29, 1.82) is 0 Å². The highest BCUT2D eigenvalue weighted by molar-refractivity contribution is 7.99. The zero-order chi connectivity index (χ0) is 12.3. The van der Waals surface area contributed by atoms with E-state index in [1.807, 2.05) is 11.8 Å². The first kappa shape index (κ1) is 13.2. The number of nitrogens with one attached hydrogen (secondary N) is 1. The highest BCUT2D eigenvalue weighted by Crippen LogP contribution is 2.33. The van der Waals surface area contributed by atoms with E-state index < -0.39 is 0 Å². The van der Waals surface area contributed by atoms with Gasteiger partial charge in [0.25, 0.3) is 0 Å². The van der Waals surface area contributed by atoms with E-state index in [1.165, 1.54) is 12.8 Å². The third-order valence-electron chi connectivity index (χ3n) is 4.44. The van der Waals surface area contributed by atoms with E-state index in [1.54, 1.807) is 0 Å². The predicted octanol–water partition coefficient (Wildman–Crippen LogP) is 1.73. The van der Waals surface area contributed by atoms with E-state index in [9.17, 15) is 4.79 Å². The second kappa shape index (κ2) is 5.61. The van der Waals surface area contributed by atoms with Gasteiger partial charge in [-0.2, -0.15) is 11.8 Å². The van der Waals surface area contributed by atoms with Gasteiger partial charge in [-0.1, -0.05) is 6.92 Å². The molecule has 2 heterocycles. The summed E-state index contributed by atoms with van der Waals surface area (Å²) in [5.74, 6) is 0.407. The maximum absolute atomic E-state index is 12.6. The van der Waals surface area contributed by atoms with E-state index in [2.05, 4.69) is 23.4 Å². The summed E-state index contributed by atoms with van der Waals surface area (Å²) in [5, 5.41) is 4.11. The molecule has 3 nitrogen and oxygen atoms in total. The Morgan fingerprint density at radius 3 is 2.65 bits per heavy atom. The largest absolute Gasteiger partial charge is 0.342 e. The van der Waals surface area contributed by atoms with Crippen molar-refractivity contribution in [3.05, 3.63) is 0 Å². The first-order valence-corrected chi connectivity index (χ1v) is 8.03. The number of carbonyl (C=O) groups is 1. The topological polar surface area (TPSA) is 32.3 Å². The van der Waals surface area contributed by atoms with Crippen LogP contribution in [0.25, 0.3) is 0 Å². The van der Waals surface area contributed by atoms with E-state index >= 15 is 0 Å². The first-order chi connectivity index (χ1) is 8.22. The molecule has 0 saturated carbocycles. The van der Waals surface area contributed by atoms with Crippen molar-refractivity contribution < 1.29 is 4.79 Å². The Bertz CT molecular complexity index is 269. The average Bonchev–Trinajstić information content (AvgIpc) is 2.88. The van der Waals surface area contributed by atoms with Crippen LogP contribution in [0.5, 0.6) is 0 Å². The van der Waals surface area contributed by atoms with Crippen LogP contribution in [0.3, 0.4) is 0 Å². The number of carbonyl (C=O) groups excluding carboxylic acids is 1. The summed E-state index contributed by atoms with van der Waals surface area (Å²) in [6, 6.07) is 0. The van der Waals surface area contributed by atoms with Gasteiger partial charge in [-0.15, -0.1) is 0 Å². The Kier molecular flexibility index (Phi) is 4.36. The fourth-order valence-electron chi connectivity index (χ4n) is 3.01. The fourth-order valence-corrected chi connectivity index (χ4v) is 3.69. The number of hydrogen-bond donors (Lipinski definition) is 1. The van der Waals surface area contributed by atoms with Crippen molar-refractivity contribution >= 4 is 17.7 Å². The van der Waals surface area contributed by atoms with Gasteiger partial charge < -0.3 is 10.2 Å². The van der Waals surface area contributed by atoms with E-state index in [0.717, 1.165) is 44.3 Å². The van der Waals surface area contributed by atoms with Crippen LogP contribution in [0.4, 0.5) is 0 Å². The molecule has 0 aromatic carbocycles. The monoisotopic (exact) mass is 256 g/mol. The molecule has 1 atom stereocenters. The Hall–Kier alpha value is -0.220. The molecule has 2 fully saturated rings. The standard InChI is InChI=1S/C13H24N2OS/c1-3-13(6-7-14-10-13)12(16)15-8-4-11(17-2)5-9-15/h11,14H,3-10H2,1-2H3. The highest BCUT2D eigenvalue weighted by Gasteiger charge is 2.42. The molecular formula is C13H24N2OS. The van der Waals surface area contributed by atoms with Gasteiger partial charge in [0.15, 0.2) is 0 Å². The summed E-state index contributed by atoms with van der Waals surface area (Å²) >= 11 is 1.95. The smallest absolute Gasteiger partial charge is 0.230 e. The number of amides is 1. The SMILES string of the molecule is CCC1(C(=O)N2CCC(SC)CC2)CCNC1. The van der Waals surface area contributed by atoms with Crippen LogP contribution in [0.1, 0.15) is 32.6 Å². The van der Waals surface area contributed by atoms with Crippen molar-refractivity contribution in [3.8, 4) is 0 Å². The van der Waals surface area contributed by atoms with Crippen molar-refractivity contribution in [1.82, 2.24) is 10.2 Å². The summed E-state index contributed by atoms with van der Waals surface area (Å²) in [6.45, 7) is 5.96. The molecule has 0 aromatic heterocycles. The number of likely N-dealkylation sites (tertiary alicyclic amines) is 1. The summed E-state index contributed by atoms with van der Waals surface area (Å²) in [7, 11) is 0. The van der Waals surface area contributed by atoms with Gasteiger partial charge in [0.1, 0.15) is 0 Å². The van der Waals surface area contributed by atoms with Gasteiger partial charge in [-0.3, -0.25) is 4.79 Å². The van der Waals surface area contributed by atoms with Crippen molar-refractivity contribution in [2.24, 2.45) is 5.41 Å². The number of nitrogens with zero attached hydrogens (tertiary/aromatic N) is 1. The minimum Gasteiger partial charge on any atom is -0.342 e. The van der Waals surface area contributed by atoms with Crippen LogP contribution in [-0.4, -0.2) is 48.5 Å². The van der Waals surface area contributed by atoms with Crippen molar-refractivity contribution in [2.75, 3.05) is 32.4 Å². The van der Waals surface area contributed by atoms with Crippen LogP contribution >= 0.6 is 11.8 Å². The zero-order valence-electron chi connectivity index (χ0n) is 11.0. The molecule has 0 spiro atoms. The molecule has 17 heavy (non-hydrogen) atoms. The Labute approximate surface area is 109 Å². The Balaban J connectivity index is 1.96. The van der Waals surface area contributed by atoms with Gasteiger partial charge in [0.05, 0.1) is 5.41 Å². The molecule has 1 amide bonds. The molecule has 2 rings (SSSR count). The molecule has 98 valence electrons. The molecule has 0 bridgehead atoms.